The van der Waals surface area contributed by atoms with Gasteiger partial charge in [-0.1, -0.05) is 30.2 Å². The fourth-order valence-corrected chi connectivity index (χ4v) is 3.98. The summed E-state index contributed by atoms with van der Waals surface area (Å²) >= 11 is 6.16. The summed E-state index contributed by atoms with van der Waals surface area (Å²) in [6.45, 7) is 3.76. The van der Waals surface area contributed by atoms with Gasteiger partial charge in [0.15, 0.2) is 5.82 Å². The third-order valence-corrected chi connectivity index (χ3v) is 5.47. The molecule has 4 rings (SSSR count). The van der Waals surface area contributed by atoms with Gasteiger partial charge < -0.3 is 14.7 Å². The molecule has 0 saturated carbocycles. The minimum atomic E-state index is 0.0207. The highest BCUT2D eigenvalue weighted by Gasteiger charge is 2.30. The van der Waals surface area contributed by atoms with Gasteiger partial charge in [0.25, 0.3) is 5.91 Å². The number of aromatic nitrogens is 1. The molecular formula is C20H23ClN4O. The summed E-state index contributed by atoms with van der Waals surface area (Å²) in [7, 11) is 1.93. The van der Waals surface area contributed by atoms with Crippen molar-refractivity contribution in [2.75, 3.05) is 43.0 Å². The third kappa shape index (κ3) is 3.17. The highest BCUT2D eigenvalue weighted by Crippen LogP contribution is 2.38. The van der Waals surface area contributed by atoms with Gasteiger partial charge in [-0.05, 0) is 50.2 Å². The molecule has 1 fully saturated rings. The standard InChI is InChI=1S/C20H23ClN4O/c1-23-16-8-4-3-7-15(16)20(26)25(14-13-24-11-5-2-6-12-24)17-9-10-18(21)22-19(17)23/h3-4,7-10H,2,5-6,11-14H2,1H3. The van der Waals surface area contributed by atoms with Crippen LogP contribution in [-0.2, 0) is 0 Å². The van der Waals surface area contributed by atoms with Crippen molar-refractivity contribution in [3.05, 3.63) is 47.1 Å². The van der Waals surface area contributed by atoms with Crippen LogP contribution in [0.15, 0.2) is 36.4 Å². The van der Waals surface area contributed by atoms with E-state index in [4.69, 9.17) is 11.6 Å². The van der Waals surface area contributed by atoms with E-state index in [0.717, 1.165) is 36.8 Å². The van der Waals surface area contributed by atoms with Gasteiger partial charge in [-0.25, -0.2) is 4.98 Å². The van der Waals surface area contributed by atoms with E-state index in [1.54, 1.807) is 6.07 Å². The topological polar surface area (TPSA) is 39.7 Å². The normalized spacial score (nSPS) is 17.7. The summed E-state index contributed by atoms with van der Waals surface area (Å²) in [6, 6.07) is 11.3. The molecule has 0 radical (unpaired) electrons. The highest BCUT2D eigenvalue weighted by molar-refractivity contribution is 6.29. The number of carbonyl (C=O) groups is 1. The number of hydrogen-bond donors (Lipinski definition) is 0. The van der Waals surface area contributed by atoms with Crippen molar-refractivity contribution in [1.82, 2.24) is 9.88 Å². The number of pyridine rings is 1. The van der Waals surface area contributed by atoms with Gasteiger partial charge in [-0.3, -0.25) is 4.79 Å². The SMILES string of the molecule is CN1c2ccccc2C(=O)N(CCN2CCCCC2)c2ccc(Cl)nc21. The van der Waals surface area contributed by atoms with Gasteiger partial charge >= 0.3 is 0 Å². The molecular weight excluding hydrogens is 348 g/mol. The number of nitrogens with zero attached hydrogens (tertiary/aromatic N) is 4. The number of carbonyl (C=O) groups excluding carboxylic acids is 1. The molecule has 0 unspecified atom stereocenters. The number of rotatable bonds is 3. The molecule has 1 aromatic carbocycles. The Morgan fingerprint density at radius 3 is 2.58 bits per heavy atom. The van der Waals surface area contributed by atoms with Gasteiger partial charge in [0.05, 0.1) is 16.9 Å². The van der Waals surface area contributed by atoms with E-state index in [1.807, 2.05) is 47.2 Å². The summed E-state index contributed by atoms with van der Waals surface area (Å²) in [5, 5.41) is 0.429. The number of anilines is 3. The second-order valence-electron chi connectivity index (χ2n) is 6.91. The lowest BCUT2D eigenvalue weighted by Gasteiger charge is -2.30. The summed E-state index contributed by atoms with van der Waals surface area (Å²) in [5.74, 6) is 0.738. The zero-order valence-electron chi connectivity index (χ0n) is 15.0. The molecule has 1 saturated heterocycles. The first-order chi connectivity index (χ1) is 12.6. The number of halogens is 1. The zero-order valence-corrected chi connectivity index (χ0v) is 15.7. The van der Waals surface area contributed by atoms with Crippen molar-refractivity contribution in [1.29, 1.82) is 0 Å². The third-order valence-electron chi connectivity index (χ3n) is 5.26. The van der Waals surface area contributed by atoms with Crippen molar-refractivity contribution in [2.24, 2.45) is 0 Å². The molecule has 2 aliphatic rings. The average molecular weight is 371 g/mol. The van der Waals surface area contributed by atoms with E-state index in [2.05, 4.69) is 9.88 Å². The average Bonchev–Trinajstić information content (AvgIpc) is 2.76. The predicted octanol–water partition coefficient (Wildman–Crippen LogP) is 3.95. The predicted molar refractivity (Wildman–Crippen MR) is 106 cm³/mol. The van der Waals surface area contributed by atoms with Crippen LogP contribution in [0.4, 0.5) is 17.2 Å². The van der Waals surface area contributed by atoms with Crippen LogP contribution in [0.5, 0.6) is 0 Å². The molecule has 0 N–H and O–H groups in total. The Balaban J connectivity index is 1.72. The summed E-state index contributed by atoms with van der Waals surface area (Å²) < 4.78 is 0. The first-order valence-electron chi connectivity index (χ1n) is 9.18. The molecule has 0 aliphatic carbocycles. The minimum absolute atomic E-state index is 0.0207. The van der Waals surface area contributed by atoms with Crippen molar-refractivity contribution in [3.8, 4) is 0 Å². The lowest BCUT2D eigenvalue weighted by atomic mass is 10.1. The van der Waals surface area contributed by atoms with Crippen LogP contribution in [0, 0.1) is 0 Å². The molecule has 1 amide bonds. The largest absolute Gasteiger partial charge is 0.327 e. The van der Waals surface area contributed by atoms with Gasteiger partial charge in [-0.15, -0.1) is 0 Å². The number of benzene rings is 1. The van der Waals surface area contributed by atoms with Gasteiger partial charge in [0, 0.05) is 20.1 Å². The number of amides is 1. The Morgan fingerprint density at radius 1 is 1.00 bits per heavy atom. The minimum Gasteiger partial charge on any atom is -0.327 e. The van der Waals surface area contributed by atoms with Crippen LogP contribution >= 0.6 is 11.6 Å². The van der Waals surface area contributed by atoms with E-state index in [9.17, 15) is 4.79 Å². The number of likely N-dealkylation sites (tertiary alicyclic amines) is 1. The number of hydrogen-bond acceptors (Lipinski definition) is 4. The molecule has 0 bridgehead atoms. The van der Waals surface area contributed by atoms with Crippen molar-refractivity contribution in [3.63, 3.8) is 0 Å². The maximum absolute atomic E-state index is 13.3. The van der Waals surface area contributed by atoms with Gasteiger partial charge in [-0.2, -0.15) is 0 Å². The molecule has 5 nitrogen and oxygen atoms in total. The Bertz CT molecular complexity index is 819. The van der Waals surface area contributed by atoms with Crippen molar-refractivity contribution in [2.45, 2.75) is 19.3 Å². The summed E-state index contributed by atoms with van der Waals surface area (Å²) in [4.78, 5) is 24.1. The van der Waals surface area contributed by atoms with Crippen LogP contribution in [0.3, 0.4) is 0 Å². The Labute approximate surface area is 159 Å². The van der Waals surface area contributed by atoms with Crippen LogP contribution in [0.2, 0.25) is 5.15 Å². The molecule has 0 spiro atoms. The fraction of sp³-hybridized carbons (Fsp3) is 0.400. The fourth-order valence-electron chi connectivity index (χ4n) is 3.84. The van der Waals surface area contributed by atoms with E-state index >= 15 is 0 Å². The molecule has 1 aromatic heterocycles. The van der Waals surface area contributed by atoms with Crippen LogP contribution < -0.4 is 9.80 Å². The van der Waals surface area contributed by atoms with Crippen LogP contribution in [-0.4, -0.2) is 49.0 Å². The van der Waals surface area contributed by atoms with Crippen molar-refractivity contribution >= 4 is 34.7 Å². The molecule has 26 heavy (non-hydrogen) atoms. The number of fused-ring (bicyclic) bond motifs is 2. The maximum Gasteiger partial charge on any atom is 0.260 e. The van der Waals surface area contributed by atoms with E-state index < -0.39 is 0 Å². The Morgan fingerprint density at radius 2 is 1.77 bits per heavy atom. The quantitative estimate of drug-likeness (QED) is 0.767. The second kappa shape index (κ2) is 7.25. The first-order valence-corrected chi connectivity index (χ1v) is 9.56. The van der Waals surface area contributed by atoms with E-state index in [1.165, 1.54) is 19.3 Å². The summed E-state index contributed by atoms with van der Waals surface area (Å²) in [6.07, 6.45) is 3.79. The molecule has 2 aliphatic heterocycles. The van der Waals surface area contributed by atoms with Crippen molar-refractivity contribution < 1.29 is 4.79 Å². The summed E-state index contributed by atoms with van der Waals surface area (Å²) in [5.41, 5.74) is 2.37. The smallest absolute Gasteiger partial charge is 0.260 e. The Kier molecular flexibility index (Phi) is 4.83. The number of piperidine rings is 1. The number of para-hydroxylation sites is 1. The molecule has 136 valence electrons. The van der Waals surface area contributed by atoms with E-state index in [-0.39, 0.29) is 5.91 Å². The van der Waals surface area contributed by atoms with Crippen LogP contribution in [0.25, 0.3) is 0 Å². The first kappa shape index (κ1) is 17.3. The second-order valence-corrected chi connectivity index (χ2v) is 7.30. The van der Waals surface area contributed by atoms with Gasteiger partial charge in [0.1, 0.15) is 5.15 Å². The molecule has 6 heteroatoms. The Hall–Kier alpha value is -2.11. The van der Waals surface area contributed by atoms with Crippen LogP contribution in [0.1, 0.15) is 29.6 Å². The zero-order chi connectivity index (χ0) is 18.1. The lowest BCUT2D eigenvalue weighted by Crippen LogP contribution is -2.40. The highest BCUT2D eigenvalue weighted by atomic mass is 35.5. The lowest BCUT2D eigenvalue weighted by molar-refractivity contribution is 0.0983. The molecule has 3 heterocycles. The van der Waals surface area contributed by atoms with Gasteiger partial charge in [0.2, 0.25) is 0 Å². The maximum atomic E-state index is 13.3. The molecule has 2 aromatic rings. The molecule has 0 atom stereocenters. The monoisotopic (exact) mass is 370 g/mol. The van der Waals surface area contributed by atoms with E-state index in [0.29, 0.717) is 17.3 Å².